The molecule has 3 N–H and O–H groups in total. The molecule has 11 heteroatoms. The van der Waals surface area contributed by atoms with Crippen molar-refractivity contribution in [2.24, 2.45) is 19.2 Å². The number of rotatable bonds is 4. The number of aromatic nitrogens is 4. The average Bonchev–Trinajstić information content (AvgIpc) is 2.93. The highest BCUT2D eigenvalue weighted by molar-refractivity contribution is 9.10. The topological polar surface area (TPSA) is 127 Å². The van der Waals surface area contributed by atoms with Gasteiger partial charge in [0.05, 0.1) is 17.8 Å². The lowest BCUT2D eigenvalue weighted by atomic mass is 10.2. The Morgan fingerprint density at radius 2 is 2.08 bits per heavy atom. The fourth-order valence-corrected chi connectivity index (χ4v) is 2.86. The fraction of sp³-hybridized carbons (Fsp3) is 0.200. The summed E-state index contributed by atoms with van der Waals surface area (Å²) in [7, 11) is 4.59. The van der Waals surface area contributed by atoms with Crippen molar-refractivity contribution in [3.63, 3.8) is 0 Å². The number of hydrogen-bond acceptors (Lipinski definition) is 7. The number of fused-ring (bicyclic) bond motifs is 1. The molecule has 0 saturated carbocycles. The van der Waals surface area contributed by atoms with Gasteiger partial charge in [-0.15, -0.1) is 0 Å². The molecule has 0 saturated heterocycles. The lowest BCUT2D eigenvalue weighted by Crippen LogP contribution is -2.29. The molecule has 3 rings (SSSR count). The van der Waals surface area contributed by atoms with Crippen molar-refractivity contribution in [1.82, 2.24) is 19.1 Å². The maximum Gasteiger partial charge on any atom is 0.329 e. The number of nitrogens with one attached hydrogen (secondary N) is 2. The van der Waals surface area contributed by atoms with E-state index >= 15 is 0 Å². The monoisotopic (exact) mass is 422 g/mol. The molecule has 0 aliphatic heterocycles. The van der Waals surface area contributed by atoms with Crippen molar-refractivity contribution in [2.75, 3.05) is 12.5 Å². The first-order valence-electron chi connectivity index (χ1n) is 7.34. The van der Waals surface area contributed by atoms with E-state index in [9.17, 15) is 14.7 Å². The molecule has 0 aliphatic carbocycles. The number of ether oxygens (including phenoxy) is 1. The number of phenols is 1. The summed E-state index contributed by atoms with van der Waals surface area (Å²) >= 11 is 3.23. The van der Waals surface area contributed by atoms with Crippen LogP contribution in [0.5, 0.6) is 11.5 Å². The first kappa shape index (κ1) is 17.7. The molecule has 1 aromatic carbocycles. The van der Waals surface area contributed by atoms with Crippen LogP contribution in [0.2, 0.25) is 0 Å². The van der Waals surface area contributed by atoms with E-state index in [1.165, 1.54) is 29.5 Å². The van der Waals surface area contributed by atoms with Crippen molar-refractivity contribution < 1.29 is 9.84 Å². The maximum atomic E-state index is 12.0. The molecule has 0 spiro atoms. The van der Waals surface area contributed by atoms with E-state index in [4.69, 9.17) is 4.74 Å². The molecule has 0 amide bonds. The Bertz CT molecular complexity index is 1140. The summed E-state index contributed by atoms with van der Waals surface area (Å²) in [5, 5.41) is 13.9. The highest BCUT2D eigenvalue weighted by atomic mass is 79.9. The minimum Gasteiger partial charge on any atom is -0.503 e. The van der Waals surface area contributed by atoms with Crippen LogP contribution in [-0.4, -0.2) is 37.5 Å². The number of nitrogens with zero attached hydrogens (tertiary/aromatic N) is 4. The van der Waals surface area contributed by atoms with Gasteiger partial charge in [0.15, 0.2) is 22.7 Å². The second-order valence-corrected chi connectivity index (χ2v) is 6.26. The molecule has 26 heavy (non-hydrogen) atoms. The van der Waals surface area contributed by atoms with Gasteiger partial charge in [-0.05, 0) is 33.6 Å². The summed E-state index contributed by atoms with van der Waals surface area (Å²) in [6.07, 6.45) is 1.50. The van der Waals surface area contributed by atoms with Gasteiger partial charge in [0, 0.05) is 14.1 Å². The minimum atomic E-state index is -0.545. The number of phenolic OH excluding ortho intramolecular Hbond substituents is 1. The molecule has 0 bridgehead atoms. The van der Waals surface area contributed by atoms with Gasteiger partial charge in [0.1, 0.15) is 0 Å². The van der Waals surface area contributed by atoms with E-state index in [0.717, 1.165) is 0 Å². The minimum absolute atomic E-state index is 0.00639. The number of aromatic amines is 1. The van der Waals surface area contributed by atoms with Crippen LogP contribution < -0.4 is 21.4 Å². The molecule has 136 valence electrons. The molecule has 10 nitrogen and oxygen atoms in total. The Morgan fingerprint density at radius 1 is 1.35 bits per heavy atom. The lowest BCUT2D eigenvalue weighted by molar-refractivity contribution is 0.372. The Kier molecular flexibility index (Phi) is 4.55. The number of hydrazone groups is 1. The third kappa shape index (κ3) is 2.96. The summed E-state index contributed by atoms with van der Waals surface area (Å²) in [5.41, 5.74) is 2.81. The number of aromatic hydroxyl groups is 1. The van der Waals surface area contributed by atoms with Crippen molar-refractivity contribution >= 4 is 39.3 Å². The number of benzene rings is 1. The van der Waals surface area contributed by atoms with Crippen LogP contribution in [0, 0.1) is 0 Å². The zero-order valence-corrected chi connectivity index (χ0v) is 15.7. The molecular weight excluding hydrogens is 408 g/mol. The number of imidazole rings is 1. The van der Waals surface area contributed by atoms with Crippen LogP contribution in [0.3, 0.4) is 0 Å². The van der Waals surface area contributed by atoms with Gasteiger partial charge in [-0.2, -0.15) is 10.1 Å². The zero-order valence-electron chi connectivity index (χ0n) is 14.1. The van der Waals surface area contributed by atoms with Gasteiger partial charge >= 0.3 is 5.69 Å². The Labute approximate surface area is 154 Å². The van der Waals surface area contributed by atoms with Crippen molar-refractivity contribution in [2.45, 2.75) is 0 Å². The van der Waals surface area contributed by atoms with Crippen LogP contribution in [0.25, 0.3) is 11.2 Å². The van der Waals surface area contributed by atoms with E-state index in [-0.39, 0.29) is 22.9 Å². The number of halogens is 1. The highest BCUT2D eigenvalue weighted by Gasteiger charge is 2.14. The van der Waals surface area contributed by atoms with E-state index < -0.39 is 11.2 Å². The highest BCUT2D eigenvalue weighted by Crippen LogP contribution is 2.34. The number of methoxy groups -OCH3 is 1. The molecule has 0 atom stereocenters. The summed E-state index contributed by atoms with van der Waals surface area (Å²) in [5.74, 6) is 0.575. The molecule has 2 heterocycles. The Morgan fingerprint density at radius 3 is 2.77 bits per heavy atom. The third-order valence-electron chi connectivity index (χ3n) is 3.78. The number of hydrogen-bond donors (Lipinski definition) is 3. The van der Waals surface area contributed by atoms with Gasteiger partial charge in [0.25, 0.3) is 5.56 Å². The van der Waals surface area contributed by atoms with Crippen LogP contribution in [-0.2, 0) is 14.1 Å². The summed E-state index contributed by atoms with van der Waals surface area (Å²) in [4.78, 5) is 30.1. The van der Waals surface area contributed by atoms with Crippen LogP contribution >= 0.6 is 15.9 Å². The largest absolute Gasteiger partial charge is 0.503 e. The molecule has 0 radical (unpaired) electrons. The number of anilines is 1. The lowest BCUT2D eigenvalue weighted by Gasteiger charge is -2.06. The van der Waals surface area contributed by atoms with Gasteiger partial charge in [0.2, 0.25) is 5.95 Å². The second kappa shape index (κ2) is 6.67. The molecule has 0 aliphatic rings. The van der Waals surface area contributed by atoms with Crippen LogP contribution in [0.4, 0.5) is 5.95 Å². The Balaban J connectivity index is 1.95. The SMILES string of the molecule is COc1cc(/C=N\Nc2nc3c(c(=O)[nH]c(=O)n3C)n2C)cc(Br)c1O. The van der Waals surface area contributed by atoms with E-state index in [2.05, 4.69) is 36.4 Å². The predicted octanol–water partition coefficient (Wildman–Crippen LogP) is 0.883. The third-order valence-corrected chi connectivity index (χ3v) is 4.39. The van der Waals surface area contributed by atoms with E-state index in [0.29, 0.717) is 15.8 Å². The van der Waals surface area contributed by atoms with Gasteiger partial charge < -0.3 is 14.4 Å². The van der Waals surface area contributed by atoms with Gasteiger partial charge in [-0.1, -0.05) is 0 Å². The fourth-order valence-electron chi connectivity index (χ4n) is 2.40. The quantitative estimate of drug-likeness (QED) is 0.423. The van der Waals surface area contributed by atoms with Crippen LogP contribution in [0.1, 0.15) is 5.56 Å². The van der Waals surface area contributed by atoms with Crippen molar-refractivity contribution in [3.8, 4) is 11.5 Å². The number of H-pyrrole nitrogens is 1. The van der Waals surface area contributed by atoms with Crippen molar-refractivity contribution in [1.29, 1.82) is 0 Å². The van der Waals surface area contributed by atoms with Crippen LogP contribution in [0.15, 0.2) is 31.3 Å². The molecule has 0 fully saturated rings. The number of aryl methyl sites for hydroxylation is 2. The van der Waals surface area contributed by atoms with Gasteiger partial charge in [-0.3, -0.25) is 14.3 Å². The van der Waals surface area contributed by atoms with E-state index in [1.807, 2.05) is 0 Å². The first-order valence-corrected chi connectivity index (χ1v) is 8.14. The normalized spacial score (nSPS) is 11.4. The zero-order chi connectivity index (χ0) is 19.0. The second-order valence-electron chi connectivity index (χ2n) is 5.41. The molecular formula is C15H15BrN6O4. The maximum absolute atomic E-state index is 12.0. The average molecular weight is 423 g/mol. The summed E-state index contributed by atoms with van der Waals surface area (Å²) < 4.78 is 8.28. The van der Waals surface area contributed by atoms with Crippen molar-refractivity contribution in [3.05, 3.63) is 43.0 Å². The summed E-state index contributed by atoms with van der Waals surface area (Å²) in [6.45, 7) is 0. The summed E-state index contributed by atoms with van der Waals surface area (Å²) in [6, 6.07) is 3.26. The molecule has 3 aromatic rings. The molecule has 0 unspecified atom stereocenters. The smallest absolute Gasteiger partial charge is 0.329 e. The Hall–Kier alpha value is -3.08. The first-order chi connectivity index (χ1) is 12.3. The molecule has 2 aromatic heterocycles. The van der Waals surface area contributed by atoms with Gasteiger partial charge in [-0.25, -0.2) is 10.2 Å². The van der Waals surface area contributed by atoms with E-state index in [1.54, 1.807) is 19.2 Å². The standard InChI is InChI=1S/C15H15BrN6O4/c1-21-10-12(22(2)15(25)19-13(10)24)18-14(21)20-17-6-7-4-8(16)11(23)9(5-7)26-3/h4-6,23H,1-3H3,(H,18,20)(H,19,24,25)/b17-6-. The predicted molar refractivity (Wildman–Crippen MR) is 100 cm³/mol.